The molecule has 7 nitrogen and oxygen atoms in total. The largest absolute Gasteiger partial charge is 0.497 e. The number of primary amides is 1. The summed E-state index contributed by atoms with van der Waals surface area (Å²) in [6, 6.07) is 6.56. The van der Waals surface area contributed by atoms with E-state index in [9.17, 15) is 9.59 Å². The molecule has 0 aliphatic rings. The van der Waals surface area contributed by atoms with Crippen LogP contribution >= 0.6 is 0 Å². The number of benzene rings is 1. The van der Waals surface area contributed by atoms with Crippen LogP contribution < -0.4 is 21.1 Å². The van der Waals surface area contributed by atoms with Crippen LogP contribution in [0.5, 0.6) is 5.75 Å². The molecule has 0 heterocycles. The molecule has 1 unspecified atom stereocenters. The number of alkyl carbamates (subject to hydrolysis) is 1. The zero-order valence-corrected chi connectivity index (χ0v) is 14.0. The van der Waals surface area contributed by atoms with Crippen molar-refractivity contribution in [3.63, 3.8) is 0 Å². The van der Waals surface area contributed by atoms with Gasteiger partial charge in [-0.3, -0.25) is 4.79 Å². The minimum Gasteiger partial charge on any atom is -0.497 e. The van der Waals surface area contributed by atoms with Crippen molar-refractivity contribution < 1.29 is 19.1 Å². The molecule has 0 aromatic heterocycles. The number of carbonyl (C=O) groups excluding carboxylic acids is 2. The van der Waals surface area contributed by atoms with Gasteiger partial charge in [-0.1, -0.05) is 6.07 Å². The van der Waals surface area contributed by atoms with E-state index in [2.05, 4.69) is 10.6 Å². The third-order valence-corrected chi connectivity index (χ3v) is 2.86. The van der Waals surface area contributed by atoms with Gasteiger partial charge in [-0.05, 0) is 39.3 Å². The van der Waals surface area contributed by atoms with Gasteiger partial charge in [0.2, 0.25) is 5.91 Å². The van der Waals surface area contributed by atoms with Crippen LogP contribution in [0.25, 0.3) is 0 Å². The molecule has 23 heavy (non-hydrogen) atoms. The highest BCUT2D eigenvalue weighted by Crippen LogP contribution is 2.18. The summed E-state index contributed by atoms with van der Waals surface area (Å²) < 4.78 is 10.3. The summed E-state index contributed by atoms with van der Waals surface area (Å²) in [7, 11) is 1.56. The van der Waals surface area contributed by atoms with E-state index in [1.165, 1.54) is 0 Å². The first-order valence-corrected chi connectivity index (χ1v) is 7.38. The van der Waals surface area contributed by atoms with Gasteiger partial charge in [0.1, 0.15) is 17.4 Å². The molecule has 1 rings (SSSR count). The number of rotatable bonds is 7. The van der Waals surface area contributed by atoms with Crippen LogP contribution in [0.3, 0.4) is 0 Å². The summed E-state index contributed by atoms with van der Waals surface area (Å²) in [6.07, 6.45) is -0.187. The van der Waals surface area contributed by atoms with Gasteiger partial charge >= 0.3 is 6.09 Å². The first-order chi connectivity index (χ1) is 10.7. The smallest absolute Gasteiger partial charge is 0.407 e. The van der Waals surface area contributed by atoms with Crippen molar-refractivity contribution in [2.24, 2.45) is 5.73 Å². The quantitative estimate of drug-likeness (QED) is 0.711. The Labute approximate surface area is 136 Å². The minimum absolute atomic E-state index is 0.263. The molecular formula is C16H25N3O4. The number of ether oxygens (including phenoxy) is 2. The minimum atomic E-state index is -0.614. The first-order valence-electron chi connectivity index (χ1n) is 7.38. The zero-order valence-electron chi connectivity index (χ0n) is 14.0. The predicted molar refractivity (Wildman–Crippen MR) is 88.5 cm³/mol. The molecule has 4 N–H and O–H groups in total. The van der Waals surface area contributed by atoms with E-state index in [-0.39, 0.29) is 6.54 Å². The summed E-state index contributed by atoms with van der Waals surface area (Å²) in [5.41, 5.74) is 5.55. The van der Waals surface area contributed by atoms with E-state index in [1.54, 1.807) is 52.1 Å². The van der Waals surface area contributed by atoms with E-state index >= 15 is 0 Å². The fraction of sp³-hybridized carbons (Fsp3) is 0.500. The highest BCUT2D eigenvalue weighted by atomic mass is 16.6. The second-order valence-electron chi connectivity index (χ2n) is 6.05. The maximum absolute atomic E-state index is 11.6. The molecule has 0 fully saturated rings. The fourth-order valence-corrected chi connectivity index (χ4v) is 1.83. The number of amides is 2. The zero-order chi connectivity index (χ0) is 17.5. The van der Waals surface area contributed by atoms with Crippen LogP contribution in [-0.2, 0) is 9.53 Å². The Morgan fingerprint density at radius 3 is 2.57 bits per heavy atom. The summed E-state index contributed by atoms with van der Waals surface area (Å²) in [4.78, 5) is 23.1. The number of anilines is 1. The van der Waals surface area contributed by atoms with E-state index in [0.717, 1.165) is 0 Å². The van der Waals surface area contributed by atoms with Gasteiger partial charge in [-0.2, -0.15) is 0 Å². The Morgan fingerprint density at radius 1 is 1.30 bits per heavy atom. The molecule has 1 aromatic carbocycles. The maximum Gasteiger partial charge on any atom is 0.407 e. The summed E-state index contributed by atoms with van der Waals surface area (Å²) in [5.74, 6) is 0.170. The van der Waals surface area contributed by atoms with Gasteiger partial charge in [0.15, 0.2) is 0 Å². The number of carbonyl (C=O) groups is 2. The number of hydrogen-bond acceptors (Lipinski definition) is 5. The van der Waals surface area contributed by atoms with Crippen LogP contribution in [0.2, 0.25) is 0 Å². The second kappa shape index (κ2) is 8.26. The lowest BCUT2D eigenvalue weighted by Crippen LogP contribution is -2.40. The normalized spacial score (nSPS) is 12.2. The van der Waals surface area contributed by atoms with Crippen LogP contribution in [0.1, 0.15) is 27.2 Å². The standard InChI is InChI=1S/C16H25N3O4/c1-16(2,3)23-15(21)18-9-8-13(14(17)20)19-11-6-5-7-12(10-11)22-4/h5-7,10,13,19H,8-9H2,1-4H3,(H2,17,20)(H,18,21). The van der Waals surface area contributed by atoms with Crippen LogP contribution in [-0.4, -0.2) is 37.3 Å². The third kappa shape index (κ3) is 7.39. The average Bonchev–Trinajstić information content (AvgIpc) is 2.44. The van der Waals surface area contributed by atoms with Crippen molar-refractivity contribution in [3.8, 4) is 5.75 Å². The van der Waals surface area contributed by atoms with Gasteiger partial charge in [0.05, 0.1) is 7.11 Å². The van der Waals surface area contributed by atoms with Crippen molar-refractivity contribution in [2.75, 3.05) is 19.0 Å². The van der Waals surface area contributed by atoms with E-state index in [0.29, 0.717) is 17.9 Å². The van der Waals surface area contributed by atoms with Gasteiger partial charge in [0, 0.05) is 18.3 Å². The number of hydrogen-bond donors (Lipinski definition) is 3. The van der Waals surface area contributed by atoms with Gasteiger partial charge in [0.25, 0.3) is 0 Å². The monoisotopic (exact) mass is 323 g/mol. The molecule has 128 valence electrons. The van der Waals surface area contributed by atoms with Gasteiger partial charge < -0.3 is 25.8 Å². The molecule has 0 aliphatic carbocycles. The average molecular weight is 323 g/mol. The number of nitrogens with one attached hydrogen (secondary N) is 2. The number of methoxy groups -OCH3 is 1. The third-order valence-electron chi connectivity index (χ3n) is 2.86. The van der Waals surface area contributed by atoms with E-state index < -0.39 is 23.6 Å². The van der Waals surface area contributed by atoms with Crippen molar-refractivity contribution >= 4 is 17.7 Å². The van der Waals surface area contributed by atoms with Crippen molar-refractivity contribution in [3.05, 3.63) is 24.3 Å². The van der Waals surface area contributed by atoms with Gasteiger partial charge in [-0.15, -0.1) is 0 Å². The van der Waals surface area contributed by atoms with Crippen LogP contribution in [0.15, 0.2) is 24.3 Å². The van der Waals surface area contributed by atoms with E-state index in [4.69, 9.17) is 15.2 Å². The van der Waals surface area contributed by atoms with Crippen LogP contribution in [0.4, 0.5) is 10.5 Å². The van der Waals surface area contributed by atoms with E-state index in [1.807, 2.05) is 0 Å². The van der Waals surface area contributed by atoms with Crippen molar-refractivity contribution in [1.82, 2.24) is 5.32 Å². The number of nitrogens with two attached hydrogens (primary N) is 1. The Hall–Kier alpha value is -2.44. The molecule has 1 aromatic rings. The molecule has 0 spiro atoms. The SMILES string of the molecule is COc1cccc(NC(CCNC(=O)OC(C)(C)C)C(N)=O)c1. The molecule has 0 aliphatic heterocycles. The lowest BCUT2D eigenvalue weighted by molar-refractivity contribution is -0.118. The summed E-state index contributed by atoms with van der Waals surface area (Å²) >= 11 is 0. The highest BCUT2D eigenvalue weighted by Gasteiger charge is 2.18. The Morgan fingerprint density at radius 2 is 2.00 bits per heavy atom. The second-order valence-corrected chi connectivity index (χ2v) is 6.05. The molecule has 7 heteroatoms. The summed E-state index contributed by atoms with van der Waals surface area (Å²) in [6.45, 7) is 5.61. The predicted octanol–water partition coefficient (Wildman–Crippen LogP) is 1.88. The molecule has 2 amide bonds. The summed E-state index contributed by atoms with van der Waals surface area (Å²) in [5, 5.41) is 5.63. The molecule has 0 radical (unpaired) electrons. The lowest BCUT2D eigenvalue weighted by atomic mass is 10.1. The highest BCUT2D eigenvalue weighted by molar-refractivity contribution is 5.83. The topological polar surface area (TPSA) is 103 Å². The lowest BCUT2D eigenvalue weighted by Gasteiger charge is -2.21. The first kappa shape index (κ1) is 18.6. The Bertz CT molecular complexity index is 540. The van der Waals surface area contributed by atoms with Crippen molar-refractivity contribution in [1.29, 1.82) is 0 Å². The fourth-order valence-electron chi connectivity index (χ4n) is 1.83. The Balaban J connectivity index is 2.52. The molecule has 0 bridgehead atoms. The molecule has 0 saturated carbocycles. The maximum atomic E-state index is 11.6. The molecule has 0 saturated heterocycles. The van der Waals surface area contributed by atoms with Crippen molar-refractivity contribution in [2.45, 2.75) is 38.8 Å². The molecular weight excluding hydrogens is 298 g/mol. The Kier molecular flexibility index (Phi) is 6.68. The van der Waals surface area contributed by atoms with Gasteiger partial charge in [-0.25, -0.2) is 4.79 Å². The molecule has 1 atom stereocenters. The van der Waals surface area contributed by atoms with Crippen LogP contribution in [0, 0.1) is 0 Å².